The van der Waals surface area contributed by atoms with E-state index in [0.29, 0.717) is 5.92 Å². The molecular formula is C16H19N3. The van der Waals surface area contributed by atoms with E-state index < -0.39 is 0 Å². The number of aromatic nitrogens is 2. The van der Waals surface area contributed by atoms with Crippen LogP contribution in [-0.2, 0) is 12.8 Å². The molecule has 0 bridgehead atoms. The molecule has 3 heteroatoms. The fourth-order valence-corrected chi connectivity index (χ4v) is 2.80. The third kappa shape index (κ3) is 2.60. The molecule has 2 aromatic rings. The van der Waals surface area contributed by atoms with Crippen molar-refractivity contribution in [3.63, 3.8) is 0 Å². The van der Waals surface area contributed by atoms with Crippen LogP contribution < -0.4 is 5.32 Å². The second-order valence-electron chi connectivity index (χ2n) is 5.08. The Labute approximate surface area is 114 Å². The van der Waals surface area contributed by atoms with Gasteiger partial charge in [0.2, 0.25) is 0 Å². The van der Waals surface area contributed by atoms with Crippen molar-refractivity contribution in [1.29, 1.82) is 0 Å². The van der Waals surface area contributed by atoms with Crippen LogP contribution >= 0.6 is 0 Å². The number of aryl methyl sites for hydroxylation is 1. The number of nitrogens with one attached hydrogen (secondary N) is 1. The Morgan fingerprint density at radius 3 is 2.84 bits per heavy atom. The van der Waals surface area contributed by atoms with E-state index in [4.69, 9.17) is 0 Å². The number of fused-ring (bicyclic) bond motifs is 1. The van der Waals surface area contributed by atoms with Crippen LogP contribution in [0.25, 0.3) is 0 Å². The maximum absolute atomic E-state index is 4.35. The van der Waals surface area contributed by atoms with Gasteiger partial charge in [-0.25, -0.2) is 0 Å². The summed E-state index contributed by atoms with van der Waals surface area (Å²) in [5.74, 6) is 1.52. The van der Waals surface area contributed by atoms with Crippen LogP contribution in [0, 0.1) is 0 Å². The summed E-state index contributed by atoms with van der Waals surface area (Å²) in [5, 5.41) is 11.8. The monoisotopic (exact) mass is 253 g/mol. The van der Waals surface area contributed by atoms with Crippen LogP contribution in [0.2, 0.25) is 0 Å². The summed E-state index contributed by atoms with van der Waals surface area (Å²) in [7, 11) is 0. The topological polar surface area (TPSA) is 37.8 Å². The standard InChI is InChI=1S/C16H19N3/c1-2-17-16-11-14-10-13(8-9-15(14)18-19-16)12-6-4-3-5-7-12/h3-7,11,13H,2,8-10H2,1H3,(H,17,19). The Balaban J connectivity index is 1.84. The lowest BCUT2D eigenvalue weighted by Gasteiger charge is -2.24. The highest BCUT2D eigenvalue weighted by atomic mass is 15.2. The van der Waals surface area contributed by atoms with E-state index >= 15 is 0 Å². The molecular weight excluding hydrogens is 234 g/mol. The fourth-order valence-electron chi connectivity index (χ4n) is 2.80. The Morgan fingerprint density at radius 1 is 1.21 bits per heavy atom. The van der Waals surface area contributed by atoms with Gasteiger partial charge in [0.15, 0.2) is 0 Å². The van der Waals surface area contributed by atoms with Gasteiger partial charge >= 0.3 is 0 Å². The van der Waals surface area contributed by atoms with Gasteiger partial charge < -0.3 is 5.32 Å². The van der Waals surface area contributed by atoms with Crippen LogP contribution in [0.1, 0.15) is 36.1 Å². The second kappa shape index (κ2) is 5.39. The maximum Gasteiger partial charge on any atom is 0.148 e. The van der Waals surface area contributed by atoms with Crippen molar-refractivity contribution in [3.05, 3.63) is 53.2 Å². The normalized spacial score (nSPS) is 17.8. The fraction of sp³-hybridized carbons (Fsp3) is 0.375. The minimum atomic E-state index is 0.618. The zero-order valence-electron chi connectivity index (χ0n) is 11.3. The first-order chi connectivity index (χ1) is 9.36. The summed E-state index contributed by atoms with van der Waals surface area (Å²) in [4.78, 5) is 0. The van der Waals surface area contributed by atoms with Gasteiger partial charge in [0.05, 0.1) is 5.69 Å². The van der Waals surface area contributed by atoms with Crippen LogP contribution in [0.15, 0.2) is 36.4 Å². The van der Waals surface area contributed by atoms with Crippen molar-refractivity contribution < 1.29 is 0 Å². The smallest absolute Gasteiger partial charge is 0.148 e. The second-order valence-corrected chi connectivity index (χ2v) is 5.08. The average molecular weight is 253 g/mol. The van der Waals surface area contributed by atoms with E-state index in [1.807, 2.05) is 0 Å². The minimum absolute atomic E-state index is 0.618. The molecule has 0 spiro atoms. The van der Waals surface area contributed by atoms with E-state index in [-0.39, 0.29) is 0 Å². The molecule has 98 valence electrons. The van der Waals surface area contributed by atoms with E-state index in [9.17, 15) is 0 Å². The van der Waals surface area contributed by atoms with Crippen LogP contribution in [0.4, 0.5) is 5.82 Å². The van der Waals surface area contributed by atoms with Crippen molar-refractivity contribution in [2.75, 3.05) is 11.9 Å². The Hall–Kier alpha value is -1.90. The number of hydrogen-bond acceptors (Lipinski definition) is 3. The summed E-state index contributed by atoms with van der Waals surface area (Å²) < 4.78 is 0. The SMILES string of the molecule is CCNc1cc2c(nn1)CCC(c1ccccc1)C2. The van der Waals surface area contributed by atoms with E-state index in [1.54, 1.807) is 0 Å². The predicted molar refractivity (Wildman–Crippen MR) is 77.4 cm³/mol. The van der Waals surface area contributed by atoms with Gasteiger partial charge in [-0.1, -0.05) is 30.3 Å². The van der Waals surface area contributed by atoms with Gasteiger partial charge in [0.1, 0.15) is 5.82 Å². The van der Waals surface area contributed by atoms with Gasteiger partial charge in [-0.15, -0.1) is 5.10 Å². The molecule has 1 aliphatic rings. The summed E-state index contributed by atoms with van der Waals surface area (Å²) >= 11 is 0. The van der Waals surface area contributed by atoms with Crippen molar-refractivity contribution in [3.8, 4) is 0 Å². The molecule has 0 saturated carbocycles. The van der Waals surface area contributed by atoms with Gasteiger partial charge in [-0.2, -0.15) is 5.10 Å². The lowest BCUT2D eigenvalue weighted by Crippen LogP contribution is -2.16. The number of benzene rings is 1. The molecule has 0 radical (unpaired) electrons. The molecule has 1 N–H and O–H groups in total. The maximum atomic E-state index is 4.35. The Bertz CT molecular complexity index is 551. The summed E-state index contributed by atoms with van der Waals surface area (Å²) in [5.41, 5.74) is 3.97. The minimum Gasteiger partial charge on any atom is -0.369 e. The first kappa shape index (κ1) is 12.2. The number of rotatable bonds is 3. The third-order valence-electron chi connectivity index (χ3n) is 3.78. The Kier molecular flexibility index (Phi) is 3.45. The van der Waals surface area contributed by atoms with Crippen LogP contribution in [0.5, 0.6) is 0 Å². The highest BCUT2D eigenvalue weighted by Crippen LogP contribution is 2.32. The molecule has 1 unspecified atom stereocenters. The van der Waals surface area contributed by atoms with Crippen molar-refractivity contribution in [2.45, 2.75) is 32.1 Å². The molecule has 1 heterocycles. The highest BCUT2D eigenvalue weighted by molar-refractivity contribution is 5.40. The van der Waals surface area contributed by atoms with Crippen molar-refractivity contribution in [2.24, 2.45) is 0 Å². The molecule has 0 aliphatic heterocycles. The quantitative estimate of drug-likeness (QED) is 0.913. The molecule has 0 amide bonds. The van der Waals surface area contributed by atoms with Gasteiger partial charge in [-0.3, -0.25) is 0 Å². The first-order valence-electron chi connectivity index (χ1n) is 7.01. The lowest BCUT2D eigenvalue weighted by atomic mass is 9.82. The van der Waals surface area contributed by atoms with Crippen molar-refractivity contribution in [1.82, 2.24) is 10.2 Å². The van der Waals surface area contributed by atoms with Gasteiger partial charge in [0.25, 0.3) is 0 Å². The van der Waals surface area contributed by atoms with Crippen LogP contribution in [0.3, 0.4) is 0 Å². The number of hydrogen-bond donors (Lipinski definition) is 1. The van der Waals surface area contributed by atoms with Gasteiger partial charge in [-0.05, 0) is 49.3 Å². The number of anilines is 1. The molecule has 0 saturated heterocycles. The molecule has 19 heavy (non-hydrogen) atoms. The Morgan fingerprint density at radius 2 is 2.05 bits per heavy atom. The zero-order valence-corrected chi connectivity index (χ0v) is 11.3. The molecule has 1 aromatic carbocycles. The van der Waals surface area contributed by atoms with E-state index in [1.165, 1.54) is 23.2 Å². The largest absolute Gasteiger partial charge is 0.369 e. The first-order valence-corrected chi connectivity index (χ1v) is 7.01. The summed E-state index contributed by atoms with van der Waals surface area (Å²) in [6, 6.07) is 13.0. The molecule has 3 nitrogen and oxygen atoms in total. The van der Waals surface area contributed by atoms with E-state index in [2.05, 4.69) is 58.8 Å². The lowest BCUT2D eigenvalue weighted by molar-refractivity contribution is 0.568. The van der Waals surface area contributed by atoms with Crippen LogP contribution in [-0.4, -0.2) is 16.7 Å². The van der Waals surface area contributed by atoms with Gasteiger partial charge in [0, 0.05) is 6.54 Å². The summed E-state index contributed by atoms with van der Waals surface area (Å²) in [6.45, 7) is 2.96. The zero-order chi connectivity index (χ0) is 13.1. The molecule has 1 aliphatic carbocycles. The highest BCUT2D eigenvalue weighted by Gasteiger charge is 2.21. The van der Waals surface area contributed by atoms with E-state index in [0.717, 1.165) is 25.2 Å². The molecule has 0 fully saturated rings. The summed E-state index contributed by atoms with van der Waals surface area (Å²) in [6.07, 6.45) is 3.29. The third-order valence-corrected chi connectivity index (χ3v) is 3.78. The molecule has 1 atom stereocenters. The molecule has 3 rings (SSSR count). The van der Waals surface area contributed by atoms with Crippen molar-refractivity contribution >= 4 is 5.82 Å². The predicted octanol–water partition coefficient (Wildman–Crippen LogP) is 3.18. The molecule has 1 aromatic heterocycles. The number of nitrogens with zero attached hydrogens (tertiary/aromatic N) is 2. The average Bonchev–Trinajstić information content (AvgIpc) is 2.48.